The van der Waals surface area contributed by atoms with E-state index in [1.165, 1.54) is 6.21 Å². The van der Waals surface area contributed by atoms with Crippen LogP contribution < -0.4 is 0 Å². The monoisotopic (exact) mass is 225 g/mol. The molecule has 0 bridgehead atoms. The Morgan fingerprint density at radius 1 is 1.33 bits per heavy atom. The van der Waals surface area contributed by atoms with Crippen LogP contribution in [0.2, 0.25) is 0 Å². The predicted octanol–water partition coefficient (Wildman–Crippen LogP) is 1.67. The minimum absolute atomic E-state index is 0.341. The molecule has 4 nitrogen and oxygen atoms in total. The van der Waals surface area contributed by atoms with Crippen LogP contribution in [-0.2, 0) is 11.4 Å². The summed E-state index contributed by atoms with van der Waals surface area (Å²) in [5.41, 5.74) is 1.45. The van der Waals surface area contributed by atoms with Gasteiger partial charge in [-0.05, 0) is 27.7 Å². The molecule has 0 saturated carbocycles. The minimum Gasteiger partial charge on any atom is -0.591 e. The number of nitrogens with zero attached hydrogens (tertiary/aromatic N) is 3. The molecule has 0 radical (unpaired) electrons. The van der Waals surface area contributed by atoms with Gasteiger partial charge in [0.15, 0.2) is 0 Å². The summed E-state index contributed by atoms with van der Waals surface area (Å²) < 4.78 is 15.2. The first-order valence-corrected chi connectivity index (χ1v) is 5.75. The molecule has 82 valence electrons. The molecule has 1 unspecified atom stereocenters. The lowest BCUT2D eigenvalue weighted by atomic mass is 10.3. The summed E-state index contributed by atoms with van der Waals surface area (Å²) in [4.78, 5) is 8.15. The average molecular weight is 225 g/mol. The molecule has 1 rings (SSSR count). The summed E-state index contributed by atoms with van der Waals surface area (Å²) in [6.07, 6.45) is 4.73. The molecular weight excluding hydrogens is 210 g/mol. The van der Waals surface area contributed by atoms with Crippen molar-refractivity contribution in [2.75, 3.05) is 0 Å². The minimum atomic E-state index is -1.24. The lowest BCUT2D eigenvalue weighted by molar-refractivity contribution is 0.562. The van der Waals surface area contributed by atoms with Gasteiger partial charge in [-0.2, -0.15) is 0 Å². The van der Waals surface area contributed by atoms with Crippen LogP contribution in [-0.4, -0.2) is 25.5 Å². The fourth-order valence-electron chi connectivity index (χ4n) is 0.801. The zero-order valence-corrected chi connectivity index (χ0v) is 10.2. The van der Waals surface area contributed by atoms with E-state index in [1.807, 2.05) is 27.7 Å². The highest BCUT2D eigenvalue weighted by Crippen LogP contribution is 2.16. The van der Waals surface area contributed by atoms with Gasteiger partial charge in [-0.15, -0.1) is 0 Å². The molecule has 0 aliphatic heterocycles. The van der Waals surface area contributed by atoms with Crippen molar-refractivity contribution in [3.63, 3.8) is 0 Å². The molecular formula is C10H15N3OS. The molecule has 5 heteroatoms. The zero-order valence-electron chi connectivity index (χ0n) is 9.39. The summed E-state index contributed by atoms with van der Waals surface area (Å²) in [5.74, 6) is 0. The summed E-state index contributed by atoms with van der Waals surface area (Å²) >= 11 is -1.24. The van der Waals surface area contributed by atoms with Crippen molar-refractivity contribution in [1.82, 2.24) is 9.97 Å². The molecule has 15 heavy (non-hydrogen) atoms. The van der Waals surface area contributed by atoms with Crippen LogP contribution in [0, 0.1) is 6.92 Å². The van der Waals surface area contributed by atoms with E-state index in [0.29, 0.717) is 5.69 Å². The molecule has 0 aromatic carbocycles. The normalized spacial score (nSPS) is 14.5. The Balaban J connectivity index is 2.79. The Hall–Kier alpha value is -0.940. The van der Waals surface area contributed by atoms with Gasteiger partial charge in [-0.25, -0.2) is 0 Å². The van der Waals surface area contributed by atoms with E-state index < -0.39 is 11.4 Å². The maximum atomic E-state index is 11.6. The van der Waals surface area contributed by atoms with E-state index >= 15 is 0 Å². The van der Waals surface area contributed by atoms with E-state index in [9.17, 15) is 4.55 Å². The van der Waals surface area contributed by atoms with Crippen molar-refractivity contribution in [3.8, 4) is 0 Å². The van der Waals surface area contributed by atoms with Crippen molar-refractivity contribution in [1.29, 1.82) is 0 Å². The molecule has 1 atom stereocenters. The largest absolute Gasteiger partial charge is 0.591 e. The highest BCUT2D eigenvalue weighted by molar-refractivity contribution is 7.91. The first kappa shape index (κ1) is 12.1. The van der Waals surface area contributed by atoms with Gasteiger partial charge in [0.1, 0.15) is 28.0 Å². The zero-order chi connectivity index (χ0) is 11.5. The first-order valence-electron chi connectivity index (χ1n) is 4.65. The van der Waals surface area contributed by atoms with Gasteiger partial charge < -0.3 is 4.55 Å². The summed E-state index contributed by atoms with van der Waals surface area (Å²) in [7, 11) is 0. The molecule has 0 N–H and O–H groups in total. The Labute approximate surface area is 93.2 Å². The molecule has 0 aliphatic carbocycles. The van der Waals surface area contributed by atoms with Crippen molar-refractivity contribution in [3.05, 3.63) is 23.8 Å². The highest BCUT2D eigenvalue weighted by Gasteiger charge is 2.25. The Morgan fingerprint density at radius 3 is 2.47 bits per heavy atom. The van der Waals surface area contributed by atoms with Gasteiger partial charge >= 0.3 is 0 Å². The van der Waals surface area contributed by atoms with E-state index in [4.69, 9.17) is 0 Å². The first-order chi connectivity index (χ1) is 6.91. The number of hydrogen-bond acceptors (Lipinski definition) is 4. The molecule has 1 heterocycles. The van der Waals surface area contributed by atoms with E-state index in [0.717, 1.165) is 5.69 Å². The highest BCUT2D eigenvalue weighted by atomic mass is 32.2. The van der Waals surface area contributed by atoms with Crippen LogP contribution in [0.4, 0.5) is 0 Å². The Bertz CT molecular complexity index is 360. The van der Waals surface area contributed by atoms with E-state index in [1.54, 1.807) is 12.4 Å². The van der Waals surface area contributed by atoms with Gasteiger partial charge in [0.05, 0.1) is 5.69 Å². The number of hydrogen-bond donors (Lipinski definition) is 0. The van der Waals surface area contributed by atoms with Crippen molar-refractivity contribution >= 4 is 17.6 Å². The fraction of sp³-hybridized carbons (Fsp3) is 0.500. The van der Waals surface area contributed by atoms with E-state index in [2.05, 4.69) is 14.4 Å². The standard InChI is InChI=1S/C10H15N3OS/c1-8-9(12-6-5-11-8)7-13-15(14)10(2,3)4/h5-7H,1-4H3. The van der Waals surface area contributed by atoms with Gasteiger partial charge in [0.25, 0.3) is 0 Å². The SMILES string of the molecule is Cc1nccnc1C=N[S+]([O-])C(C)(C)C. The maximum absolute atomic E-state index is 11.6. The van der Waals surface area contributed by atoms with Crippen LogP contribution >= 0.6 is 0 Å². The third-order valence-corrected chi connectivity index (χ3v) is 3.06. The Kier molecular flexibility index (Phi) is 3.82. The third kappa shape index (κ3) is 3.60. The molecule has 0 fully saturated rings. The molecule has 0 saturated heterocycles. The summed E-state index contributed by atoms with van der Waals surface area (Å²) in [6, 6.07) is 0. The molecule has 1 aromatic heterocycles. The number of rotatable bonds is 2. The van der Waals surface area contributed by atoms with Gasteiger partial charge in [0, 0.05) is 12.4 Å². The quantitative estimate of drug-likeness (QED) is 0.568. The van der Waals surface area contributed by atoms with Gasteiger partial charge in [-0.3, -0.25) is 9.97 Å². The predicted molar refractivity (Wildman–Crippen MR) is 62.3 cm³/mol. The van der Waals surface area contributed by atoms with Gasteiger partial charge in [0.2, 0.25) is 0 Å². The molecule has 0 spiro atoms. The topological polar surface area (TPSA) is 61.2 Å². The van der Waals surface area contributed by atoms with Crippen LogP contribution in [0.5, 0.6) is 0 Å². The second-order valence-corrected chi connectivity index (χ2v) is 6.06. The van der Waals surface area contributed by atoms with Crippen LogP contribution in [0.25, 0.3) is 0 Å². The van der Waals surface area contributed by atoms with Crippen molar-refractivity contribution in [2.24, 2.45) is 4.40 Å². The average Bonchev–Trinajstić information content (AvgIpc) is 2.14. The Morgan fingerprint density at radius 2 is 1.93 bits per heavy atom. The third-order valence-electron chi connectivity index (χ3n) is 1.71. The van der Waals surface area contributed by atoms with Crippen LogP contribution in [0.15, 0.2) is 16.8 Å². The van der Waals surface area contributed by atoms with Gasteiger partial charge in [-0.1, -0.05) is 4.40 Å². The van der Waals surface area contributed by atoms with Crippen LogP contribution in [0.3, 0.4) is 0 Å². The fourth-order valence-corrected chi connectivity index (χ4v) is 1.31. The van der Waals surface area contributed by atoms with E-state index in [-0.39, 0.29) is 4.75 Å². The maximum Gasteiger partial charge on any atom is 0.144 e. The smallest absolute Gasteiger partial charge is 0.144 e. The summed E-state index contributed by atoms with van der Waals surface area (Å²) in [6.45, 7) is 7.48. The lowest BCUT2D eigenvalue weighted by Crippen LogP contribution is -2.25. The van der Waals surface area contributed by atoms with Crippen LogP contribution in [0.1, 0.15) is 32.2 Å². The van der Waals surface area contributed by atoms with Crippen molar-refractivity contribution in [2.45, 2.75) is 32.4 Å². The second-order valence-electron chi connectivity index (χ2n) is 4.12. The molecule has 0 amide bonds. The lowest BCUT2D eigenvalue weighted by Gasteiger charge is -2.17. The molecule has 0 aliphatic rings. The summed E-state index contributed by atoms with van der Waals surface area (Å²) in [5, 5.41) is 0. The number of aromatic nitrogens is 2. The van der Waals surface area contributed by atoms with Crippen molar-refractivity contribution < 1.29 is 4.55 Å². The number of aryl methyl sites for hydroxylation is 1. The molecule has 1 aromatic rings. The second kappa shape index (κ2) is 4.72.